The Labute approximate surface area is 125 Å². The van der Waals surface area contributed by atoms with Crippen LogP contribution in [0.1, 0.15) is 29.6 Å². The molecule has 112 valence electrons. The van der Waals surface area contributed by atoms with Crippen LogP contribution in [0.3, 0.4) is 0 Å². The highest BCUT2D eigenvalue weighted by atomic mass is 35.5. The zero-order chi connectivity index (χ0) is 15.6. The summed E-state index contributed by atoms with van der Waals surface area (Å²) in [7, 11) is 0. The van der Waals surface area contributed by atoms with E-state index in [9.17, 15) is 18.8 Å². The van der Waals surface area contributed by atoms with Gasteiger partial charge >= 0.3 is 0 Å². The van der Waals surface area contributed by atoms with Crippen molar-refractivity contribution in [2.24, 2.45) is 5.84 Å². The third-order valence-corrected chi connectivity index (χ3v) is 3.53. The van der Waals surface area contributed by atoms with Crippen LogP contribution in [0.25, 0.3) is 0 Å². The Morgan fingerprint density at radius 3 is 2.71 bits per heavy atom. The van der Waals surface area contributed by atoms with Gasteiger partial charge in [0.2, 0.25) is 5.91 Å². The normalized spacial score (nSPS) is 13.6. The fourth-order valence-electron chi connectivity index (χ4n) is 2.19. The summed E-state index contributed by atoms with van der Waals surface area (Å²) in [5.74, 6) is 2.33. The zero-order valence-electron chi connectivity index (χ0n) is 11.0. The molecule has 0 spiro atoms. The van der Waals surface area contributed by atoms with Crippen LogP contribution in [-0.2, 0) is 9.59 Å². The summed E-state index contributed by atoms with van der Waals surface area (Å²) in [6, 6.07) is 2.36. The lowest BCUT2D eigenvalue weighted by atomic mass is 10.1. The number of carbonyl (C=O) groups excluding carboxylic acids is 3. The maximum absolute atomic E-state index is 13.9. The van der Waals surface area contributed by atoms with Crippen LogP contribution in [0, 0.1) is 5.82 Å². The lowest BCUT2D eigenvalue weighted by Crippen LogP contribution is -2.32. The second-order valence-corrected chi connectivity index (χ2v) is 4.97. The van der Waals surface area contributed by atoms with Crippen molar-refractivity contribution >= 4 is 34.9 Å². The number of rotatable bonds is 5. The molecule has 21 heavy (non-hydrogen) atoms. The van der Waals surface area contributed by atoms with E-state index in [2.05, 4.69) is 0 Å². The number of nitrogens with one attached hydrogen (secondary N) is 1. The molecule has 1 aliphatic rings. The van der Waals surface area contributed by atoms with Crippen molar-refractivity contribution in [2.75, 3.05) is 11.4 Å². The summed E-state index contributed by atoms with van der Waals surface area (Å²) in [4.78, 5) is 35.8. The number of amides is 2. The quantitative estimate of drug-likeness (QED) is 0.280. The standard InChI is InChI=1S/C13H13ClFN3O3/c14-7-4-5-8(15)11-10(7)12(20)13(21)18(11)6-2-1-3-9(19)17-16/h4-5H,1-3,6,16H2,(H,17,19). The van der Waals surface area contributed by atoms with Gasteiger partial charge in [0.15, 0.2) is 0 Å². The van der Waals surface area contributed by atoms with Gasteiger partial charge < -0.3 is 4.90 Å². The van der Waals surface area contributed by atoms with Crippen molar-refractivity contribution in [1.29, 1.82) is 0 Å². The number of unbranched alkanes of at least 4 members (excludes halogenated alkanes) is 1. The molecule has 1 aliphatic heterocycles. The lowest BCUT2D eigenvalue weighted by molar-refractivity contribution is -0.121. The number of anilines is 1. The molecule has 1 aromatic rings. The maximum atomic E-state index is 13.9. The summed E-state index contributed by atoms with van der Waals surface area (Å²) in [5, 5.41) is 0.0507. The summed E-state index contributed by atoms with van der Waals surface area (Å²) >= 11 is 5.86. The Hall–Kier alpha value is -1.99. The highest BCUT2D eigenvalue weighted by Gasteiger charge is 2.39. The number of hydrazine groups is 1. The van der Waals surface area contributed by atoms with E-state index < -0.39 is 17.5 Å². The van der Waals surface area contributed by atoms with Crippen LogP contribution in [0.4, 0.5) is 10.1 Å². The summed E-state index contributed by atoms with van der Waals surface area (Å²) in [6.45, 7) is 0.132. The van der Waals surface area contributed by atoms with Gasteiger partial charge in [-0.2, -0.15) is 0 Å². The minimum Gasteiger partial charge on any atom is -0.302 e. The predicted molar refractivity (Wildman–Crippen MR) is 74.3 cm³/mol. The lowest BCUT2D eigenvalue weighted by Gasteiger charge is -2.16. The van der Waals surface area contributed by atoms with E-state index in [1.54, 1.807) is 0 Å². The zero-order valence-corrected chi connectivity index (χ0v) is 11.7. The average molecular weight is 314 g/mol. The summed E-state index contributed by atoms with van der Waals surface area (Å²) in [5.41, 5.74) is 1.81. The highest BCUT2D eigenvalue weighted by Crippen LogP contribution is 2.36. The van der Waals surface area contributed by atoms with Gasteiger partial charge in [-0.15, -0.1) is 0 Å². The minimum atomic E-state index is -0.811. The molecular weight excluding hydrogens is 301 g/mol. The van der Waals surface area contributed by atoms with Gasteiger partial charge in [-0.1, -0.05) is 11.6 Å². The van der Waals surface area contributed by atoms with Gasteiger partial charge in [-0.05, 0) is 25.0 Å². The van der Waals surface area contributed by atoms with Crippen LogP contribution in [0.2, 0.25) is 5.02 Å². The Morgan fingerprint density at radius 1 is 1.33 bits per heavy atom. The van der Waals surface area contributed by atoms with Gasteiger partial charge in [-0.25, -0.2) is 10.2 Å². The van der Waals surface area contributed by atoms with Crippen LogP contribution < -0.4 is 16.2 Å². The first-order valence-corrected chi connectivity index (χ1v) is 6.68. The van der Waals surface area contributed by atoms with Crippen molar-refractivity contribution in [1.82, 2.24) is 5.43 Å². The van der Waals surface area contributed by atoms with Crippen molar-refractivity contribution in [3.05, 3.63) is 28.5 Å². The molecule has 2 rings (SSSR count). The molecule has 0 atom stereocenters. The molecule has 2 amide bonds. The molecule has 0 aliphatic carbocycles. The largest absolute Gasteiger partial charge is 0.302 e. The van der Waals surface area contributed by atoms with E-state index in [0.29, 0.717) is 12.8 Å². The van der Waals surface area contributed by atoms with Crippen molar-refractivity contribution in [3.63, 3.8) is 0 Å². The first kappa shape index (κ1) is 15.4. The highest BCUT2D eigenvalue weighted by molar-refractivity contribution is 6.55. The second-order valence-electron chi connectivity index (χ2n) is 4.56. The van der Waals surface area contributed by atoms with Gasteiger partial charge in [0.1, 0.15) is 5.82 Å². The third kappa shape index (κ3) is 2.88. The molecular formula is C13H13ClFN3O3. The first-order valence-electron chi connectivity index (χ1n) is 6.31. The molecule has 0 aromatic heterocycles. The van der Waals surface area contributed by atoms with Crippen molar-refractivity contribution < 1.29 is 18.8 Å². The third-order valence-electron chi connectivity index (χ3n) is 3.21. The average Bonchev–Trinajstić information content (AvgIpc) is 2.73. The monoisotopic (exact) mass is 313 g/mol. The molecule has 3 N–H and O–H groups in total. The predicted octanol–water partition coefficient (Wildman–Crippen LogP) is 1.17. The first-order chi connectivity index (χ1) is 9.97. The second kappa shape index (κ2) is 6.19. The van der Waals surface area contributed by atoms with E-state index in [1.165, 1.54) is 6.07 Å². The molecule has 0 bridgehead atoms. The molecule has 0 fully saturated rings. The Kier molecular flexibility index (Phi) is 4.54. The smallest absolute Gasteiger partial charge is 0.299 e. The number of hydrogen-bond donors (Lipinski definition) is 2. The number of hydrogen-bond acceptors (Lipinski definition) is 4. The van der Waals surface area contributed by atoms with Gasteiger partial charge in [-0.3, -0.25) is 19.8 Å². The van der Waals surface area contributed by atoms with Gasteiger partial charge in [0.05, 0.1) is 16.3 Å². The molecule has 8 heteroatoms. The van der Waals surface area contributed by atoms with E-state index in [1.807, 2.05) is 5.43 Å². The molecule has 0 saturated carbocycles. The van der Waals surface area contributed by atoms with E-state index in [4.69, 9.17) is 17.4 Å². The van der Waals surface area contributed by atoms with E-state index in [0.717, 1.165) is 11.0 Å². The number of carbonyl (C=O) groups is 3. The number of nitrogens with zero attached hydrogens (tertiary/aromatic N) is 1. The van der Waals surface area contributed by atoms with Crippen LogP contribution >= 0.6 is 11.6 Å². The maximum Gasteiger partial charge on any atom is 0.299 e. The number of Topliss-reactive ketones (excluding diaryl/α,β-unsaturated/α-hetero) is 1. The van der Waals surface area contributed by atoms with Crippen LogP contribution in [-0.4, -0.2) is 24.1 Å². The minimum absolute atomic E-state index is 0.0507. The number of fused-ring (bicyclic) bond motifs is 1. The van der Waals surface area contributed by atoms with E-state index >= 15 is 0 Å². The van der Waals surface area contributed by atoms with Crippen LogP contribution in [0.5, 0.6) is 0 Å². The molecule has 0 saturated heterocycles. The van der Waals surface area contributed by atoms with Crippen molar-refractivity contribution in [3.8, 4) is 0 Å². The summed E-state index contributed by atoms with van der Waals surface area (Å²) in [6.07, 6.45) is 1.08. The number of benzene rings is 1. The molecule has 0 unspecified atom stereocenters. The number of ketones is 1. The topological polar surface area (TPSA) is 92.5 Å². The molecule has 1 heterocycles. The van der Waals surface area contributed by atoms with Crippen LogP contribution in [0.15, 0.2) is 12.1 Å². The number of nitrogens with two attached hydrogens (primary N) is 1. The van der Waals surface area contributed by atoms with E-state index in [-0.39, 0.29) is 35.1 Å². The Morgan fingerprint density at radius 2 is 2.05 bits per heavy atom. The molecule has 1 aromatic carbocycles. The van der Waals surface area contributed by atoms with Gasteiger partial charge in [0.25, 0.3) is 11.7 Å². The summed E-state index contributed by atoms with van der Waals surface area (Å²) < 4.78 is 13.9. The fraction of sp³-hybridized carbons (Fsp3) is 0.308. The fourth-order valence-corrected chi connectivity index (χ4v) is 2.43. The molecule has 6 nitrogen and oxygen atoms in total. The Bertz CT molecular complexity index is 621. The number of halogens is 2. The SMILES string of the molecule is NNC(=O)CCCCN1C(=O)C(=O)c2c(Cl)ccc(F)c21. The Balaban J connectivity index is 2.12. The van der Waals surface area contributed by atoms with Crippen molar-refractivity contribution in [2.45, 2.75) is 19.3 Å². The molecule has 0 radical (unpaired) electrons. The van der Waals surface area contributed by atoms with Gasteiger partial charge in [0, 0.05) is 13.0 Å².